The van der Waals surface area contributed by atoms with Gasteiger partial charge in [-0.15, -0.1) is 0 Å². The highest BCUT2D eigenvalue weighted by molar-refractivity contribution is 6.10. The third kappa shape index (κ3) is 2.50. The van der Waals surface area contributed by atoms with E-state index in [0.717, 1.165) is 11.1 Å². The first kappa shape index (κ1) is 13.3. The van der Waals surface area contributed by atoms with Crippen molar-refractivity contribution in [2.45, 2.75) is 13.8 Å². The Labute approximate surface area is 111 Å². The average Bonchev–Trinajstić information content (AvgIpc) is 2.38. The van der Waals surface area contributed by atoms with E-state index in [1.807, 2.05) is 32.0 Å². The highest BCUT2D eigenvalue weighted by Gasteiger charge is 2.16. The summed E-state index contributed by atoms with van der Waals surface area (Å²) in [6.45, 7) is 3.75. The molecule has 0 saturated carbocycles. The molecular formula is C16H15FO2. The zero-order valence-corrected chi connectivity index (χ0v) is 11.2. The van der Waals surface area contributed by atoms with Crippen molar-refractivity contribution in [2.75, 3.05) is 7.11 Å². The number of carbonyl (C=O) groups is 1. The first-order valence-electron chi connectivity index (χ1n) is 5.99. The van der Waals surface area contributed by atoms with Gasteiger partial charge in [-0.25, -0.2) is 4.39 Å². The Morgan fingerprint density at radius 3 is 2.26 bits per heavy atom. The van der Waals surface area contributed by atoms with Crippen LogP contribution in [0.4, 0.5) is 4.39 Å². The van der Waals surface area contributed by atoms with Crippen LogP contribution < -0.4 is 4.74 Å². The molecule has 98 valence electrons. The molecule has 2 aromatic carbocycles. The molecule has 0 fully saturated rings. The standard InChI is InChI=1S/C16H15FO2/c1-10-5-4-6-11(2)15(10)16(18)12-7-8-14(19-3)13(17)9-12/h4-9H,1-3H3. The molecular weight excluding hydrogens is 243 g/mol. The van der Waals surface area contributed by atoms with Crippen LogP contribution in [0.2, 0.25) is 0 Å². The van der Waals surface area contributed by atoms with E-state index in [-0.39, 0.29) is 11.5 Å². The third-order valence-electron chi connectivity index (χ3n) is 3.12. The largest absolute Gasteiger partial charge is 0.494 e. The zero-order chi connectivity index (χ0) is 14.0. The van der Waals surface area contributed by atoms with Crippen molar-refractivity contribution >= 4 is 5.78 Å². The second kappa shape index (κ2) is 5.22. The van der Waals surface area contributed by atoms with Gasteiger partial charge in [0.15, 0.2) is 17.3 Å². The van der Waals surface area contributed by atoms with Gasteiger partial charge in [0.25, 0.3) is 0 Å². The van der Waals surface area contributed by atoms with Gasteiger partial charge in [-0.2, -0.15) is 0 Å². The van der Waals surface area contributed by atoms with Crippen LogP contribution in [0.5, 0.6) is 5.75 Å². The molecule has 0 atom stereocenters. The van der Waals surface area contributed by atoms with Crippen molar-refractivity contribution in [1.29, 1.82) is 0 Å². The topological polar surface area (TPSA) is 26.3 Å². The Morgan fingerprint density at radius 2 is 1.74 bits per heavy atom. The Morgan fingerprint density at radius 1 is 1.11 bits per heavy atom. The predicted molar refractivity (Wildman–Crippen MR) is 72.3 cm³/mol. The lowest BCUT2D eigenvalue weighted by molar-refractivity contribution is 0.103. The number of methoxy groups -OCH3 is 1. The number of benzene rings is 2. The van der Waals surface area contributed by atoms with Crippen molar-refractivity contribution in [3.8, 4) is 5.75 Å². The Kier molecular flexibility index (Phi) is 3.65. The Hall–Kier alpha value is -2.16. The van der Waals surface area contributed by atoms with Gasteiger partial charge in [-0.1, -0.05) is 18.2 Å². The summed E-state index contributed by atoms with van der Waals surface area (Å²) in [6, 6.07) is 9.91. The molecule has 0 aromatic heterocycles. The van der Waals surface area contributed by atoms with Crippen LogP contribution in [-0.2, 0) is 0 Å². The highest BCUT2D eigenvalue weighted by Crippen LogP contribution is 2.22. The van der Waals surface area contributed by atoms with Gasteiger partial charge >= 0.3 is 0 Å². The smallest absolute Gasteiger partial charge is 0.193 e. The van der Waals surface area contributed by atoms with E-state index >= 15 is 0 Å². The fourth-order valence-corrected chi connectivity index (χ4v) is 2.12. The molecule has 2 aromatic rings. The van der Waals surface area contributed by atoms with Crippen LogP contribution in [0.25, 0.3) is 0 Å². The van der Waals surface area contributed by atoms with E-state index in [0.29, 0.717) is 11.1 Å². The molecule has 0 N–H and O–H groups in total. The summed E-state index contributed by atoms with van der Waals surface area (Å²) in [5.41, 5.74) is 2.74. The summed E-state index contributed by atoms with van der Waals surface area (Å²) in [6.07, 6.45) is 0. The van der Waals surface area contributed by atoms with Crippen molar-refractivity contribution in [2.24, 2.45) is 0 Å². The molecule has 0 aliphatic rings. The van der Waals surface area contributed by atoms with E-state index < -0.39 is 5.82 Å². The highest BCUT2D eigenvalue weighted by atomic mass is 19.1. The van der Waals surface area contributed by atoms with Crippen LogP contribution in [0.3, 0.4) is 0 Å². The number of ketones is 1. The number of hydrogen-bond acceptors (Lipinski definition) is 2. The van der Waals surface area contributed by atoms with E-state index in [1.165, 1.54) is 19.2 Å². The number of hydrogen-bond donors (Lipinski definition) is 0. The van der Waals surface area contributed by atoms with E-state index in [1.54, 1.807) is 6.07 Å². The lowest BCUT2D eigenvalue weighted by atomic mass is 9.95. The monoisotopic (exact) mass is 258 g/mol. The summed E-state index contributed by atoms with van der Waals surface area (Å²) >= 11 is 0. The molecule has 2 nitrogen and oxygen atoms in total. The fourth-order valence-electron chi connectivity index (χ4n) is 2.12. The first-order chi connectivity index (χ1) is 9.04. The Balaban J connectivity index is 2.48. The van der Waals surface area contributed by atoms with E-state index in [2.05, 4.69) is 0 Å². The lowest BCUT2D eigenvalue weighted by Crippen LogP contribution is -2.06. The van der Waals surface area contributed by atoms with Crippen LogP contribution in [0, 0.1) is 19.7 Å². The predicted octanol–water partition coefficient (Wildman–Crippen LogP) is 3.68. The SMILES string of the molecule is COc1ccc(C(=O)c2c(C)cccc2C)cc1F. The molecule has 0 amide bonds. The van der Waals surface area contributed by atoms with Crippen LogP contribution in [0.1, 0.15) is 27.0 Å². The van der Waals surface area contributed by atoms with Gasteiger partial charge in [-0.3, -0.25) is 4.79 Å². The maximum Gasteiger partial charge on any atom is 0.193 e. The molecule has 0 aliphatic carbocycles. The molecule has 19 heavy (non-hydrogen) atoms. The molecule has 0 radical (unpaired) electrons. The number of aryl methyl sites for hydroxylation is 2. The van der Waals surface area contributed by atoms with Gasteiger partial charge in [0.05, 0.1) is 7.11 Å². The van der Waals surface area contributed by atoms with Crippen LogP contribution >= 0.6 is 0 Å². The molecule has 0 bridgehead atoms. The van der Waals surface area contributed by atoms with Gasteiger partial charge < -0.3 is 4.74 Å². The third-order valence-corrected chi connectivity index (χ3v) is 3.12. The van der Waals surface area contributed by atoms with Crippen molar-refractivity contribution in [3.05, 3.63) is 64.5 Å². The lowest BCUT2D eigenvalue weighted by Gasteiger charge is -2.09. The summed E-state index contributed by atoms with van der Waals surface area (Å²) in [5, 5.41) is 0. The minimum Gasteiger partial charge on any atom is -0.494 e. The Bertz CT molecular complexity index is 612. The molecule has 0 spiro atoms. The summed E-state index contributed by atoms with van der Waals surface area (Å²) in [4.78, 5) is 12.4. The minimum absolute atomic E-state index is 0.137. The normalized spacial score (nSPS) is 10.3. The number of halogens is 1. The molecule has 0 saturated heterocycles. The summed E-state index contributed by atoms with van der Waals surface area (Å²) in [7, 11) is 1.39. The first-order valence-corrected chi connectivity index (χ1v) is 5.99. The van der Waals surface area contributed by atoms with Crippen molar-refractivity contribution < 1.29 is 13.9 Å². The van der Waals surface area contributed by atoms with Crippen LogP contribution in [0.15, 0.2) is 36.4 Å². The van der Waals surface area contributed by atoms with Gasteiger partial charge in [0.2, 0.25) is 0 Å². The van der Waals surface area contributed by atoms with Crippen molar-refractivity contribution in [1.82, 2.24) is 0 Å². The summed E-state index contributed by atoms with van der Waals surface area (Å²) in [5.74, 6) is -0.560. The quantitative estimate of drug-likeness (QED) is 0.785. The minimum atomic E-state index is -0.528. The van der Waals surface area contributed by atoms with Gasteiger partial charge in [0, 0.05) is 11.1 Å². The van der Waals surface area contributed by atoms with Gasteiger partial charge in [0.1, 0.15) is 0 Å². The maximum absolute atomic E-state index is 13.7. The fraction of sp³-hybridized carbons (Fsp3) is 0.188. The van der Waals surface area contributed by atoms with Gasteiger partial charge in [-0.05, 0) is 43.2 Å². The zero-order valence-electron chi connectivity index (χ0n) is 11.2. The number of ether oxygens (including phenoxy) is 1. The molecule has 2 rings (SSSR count). The van der Waals surface area contributed by atoms with Crippen molar-refractivity contribution in [3.63, 3.8) is 0 Å². The van der Waals surface area contributed by atoms with Crippen LogP contribution in [-0.4, -0.2) is 12.9 Å². The maximum atomic E-state index is 13.7. The number of carbonyl (C=O) groups excluding carboxylic acids is 1. The molecule has 3 heteroatoms. The van der Waals surface area contributed by atoms with E-state index in [9.17, 15) is 9.18 Å². The molecule has 0 heterocycles. The second-order valence-electron chi connectivity index (χ2n) is 4.45. The summed E-state index contributed by atoms with van der Waals surface area (Å²) < 4.78 is 18.5. The molecule has 0 aliphatic heterocycles. The number of rotatable bonds is 3. The second-order valence-corrected chi connectivity index (χ2v) is 4.45. The average molecular weight is 258 g/mol. The van der Waals surface area contributed by atoms with E-state index in [4.69, 9.17) is 4.74 Å². The molecule has 0 unspecified atom stereocenters.